The fourth-order valence-corrected chi connectivity index (χ4v) is 2.44. The second kappa shape index (κ2) is 9.83. The number of amides is 2. The highest BCUT2D eigenvalue weighted by atomic mass is 35.5. The predicted octanol–water partition coefficient (Wildman–Crippen LogP) is 3.82. The van der Waals surface area contributed by atoms with E-state index >= 15 is 0 Å². The first-order valence-electron chi connectivity index (χ1n) is 8.15. The molecule has 24 heavy (non-hydrogen) atoms. The Bertz CT molecular complexity index is 644. The van der Waals surface area contributed by atoms with Gasteiger partial charge >= 0.3 is 6.03 Å². The van der Waals surface area contributed by atoms with Gasteiger partial charge in [0.1, 0.15) is 12.4 Å². The van der Waals surface area contributed by atoms with Crippen LogP contribution in [0.2, 0.25) is 5.02 Å². The Morgan fingerprint density at radius 2 is 1.79 bits per heavy atom. The van der Waals surface area contributed by atoms with Crippen LogP contribution in [-0.2, 0) is 12.8 Å². The van der Waals surface area contributed by atoms with Gasteiger partial charge in [-0.3, -0.25) is 0 Å². The van der Waals surface area contributed by atoms with Gasteiger partial charge in [-0.25, -0.2) is 4.79 Å². The summed E-state index contributed by atoms with van der Waals surface area (Å²) in [4.78, 5) is 11.7. The van der Waals surface area contributed by atoms with E-state index < -0.39 is 0 Å². The minimum Gasteiger partial charge on any atom is -0.492 e. The fraction of sp³-hybridized carbons (Fsp3) is 0.316. The number of rotatable bonds is 8. The topological polar surface area (TPSA) is 50.4 Å². The molecule has 5 heteroatoms. The Kier molecular flexibility index (Phi) is 7.43. The molecule has 2 aromatic carbocycles. The number of carbonyl (C=O) groups is 1. The van der Waals surface area contributed by atoms with E-state index in [1.54, 1.807) is 0 Å². The first-order valence-corrected chi connectivity index (χ1v) is 8.53. The number of aryl methyl sites for hydroxylation is 1. The molecular weight excluding hydrogens is 324 g/mol. The zero-order chi connectivity index (χ0) is 17.2. The largest absolute Gasteiger partial charge is 0.492 e. The Balaban J connectivity index is 1.57. The molecule has 0 aliphatic carbocycles. The van der Waals surface area contributed by atoms with Crippen LogP contribution in [0, 0.1) is 0 Å². The Morgan fingerprint density at radius 3 is 2.50 bits per heavy atom. The van der Waals surface area contributed by atoms with E-state index in [0.29, 0.717) is 24.7 Å². The highest BCUT2D eigenvalue weighted by Gasteiger charge is 2.00. The lowest BCUT2D eigenvalue weighted by Crippen LogP contribution is -2.38. The summed E-state index contributed by atoms with van der Waals surface area (Å²) in [5.74, 6) is 0.815. The quantitative estimate of drug-likeness (QED) is 0.714. The van der Waals surface area contributed by atoms with Crippen LogP contribution in [0.1, 0.15) is 18.1 Å². The smallest absolute Gasteiger partial charge is 0.314 e. The lowest BCUT2D eigenvalue weighted by atomic mass is 10.1. The molecule has 4 nitrogen and oxygen atoms in total. The molecule has 0 saturated carbocycles. The van der Waals surface area contributed by atoms with Gasteiger partial charge in [0.05, 0.1) is 6.54 Å². The first kappa shape index (κ1) is 18.1. The zero-order valence-electron chi connectivity index (χ0n) is 13.8. The zero-order valence-corrected chi connectivity index (χ0v) is 14.6. The SMILES string of the molecule is CCc1ccc(OCCNC(=O)NCCc2cccc(Cl)c2)cc1. The van der Waals surface area contributed by atoms with Crippen LogP contribution in [0.5, 0.6) is 5.75 Å². The standard InChI is InChI=1S/C19H23ClN2O2/c1-2-15-6-8-18(9-7-15)24-13-12-22-19(23)21-11-10-16-4-3-5-17(20)14-16/h3-9,14H,2,10-13H2,1H3,(H2,21,22,23). The molecule has 0 spiro atoms. The molecule has 0 aliphatic heterocycles. The normalized spacial score (nSPS) is 10.2. The summed E-state index contributed by atoms with van der Waals surface area (Å²) in [6.07, 6.45) is 1.76. The lowest BCUT2D eigenvalue weighted by molar-refractivity contribution is 0.236. The molecule has 0 heterocycles. The van der Waals surface area contributed by atoms with Crippen LogP contribution >= 0.6 is 11.6 Å². The summed E-state index contributed by atoms with van der Waals surface area (Å²) < 4.78 is 5.59. The molecular formula is C19H23ClN2O2. The van der Waals surface area contributed by atoms with Gasteiger partial charge in [0.2, 0.25) is 0 Å². The number of halogens is 1. The molecule has 0 aromatic heterocycles. The van der Waals surface area contributed by atoms with Gasteiger partial charge in [-0.15, -0.1) is 0 Å². The van der Waals surface area contributed by atoms with Gasteiger partial charge in [-0.1, -0.05) is 42.8 Å². The number of hydrogen-bond acceptors (Lipinski definition) is 2. The van der Waals surface area contributed by atoms with Crippen LogP contribution in [0.4, 0.5) is 4.79 Å². The van der Waals surface area contributed by atoms with Crippen molar-refractivity contribution < 1.29 is 9.53 Å². The summed E-state index contributed by atoms with van der Waals surface area (Å²) in [5, 5.41) is 6.30. The van der Waals surface area contributed by atoms with Gasteiger partial charge in [0, 0.05) is 11.6 Å². The number of nitrogens with one attached hydrogen (secondary N) is 2. The van der Waals surface area contributed by atoms with E-state index in [2.05, 4.69) is 17.6 Å². The molecule has 0 saturated heterocycles. The lowest BCUT2D eigenvalue weighted by Gasteiger charge is -2.09. The average molecular weight is 347 g/mol. The van der Waals surface area contributed by atoms with Crippen LogP contribution < -0.4 is 15.4 Å². The van der Waals surface area contributed by atoms with Crippen molar-refractivity contribution in [1.29, 1.82) is 0 Å². The van der Waals surface area contributed by atoms with Crippen LogP contribution in [0.15, 0.2) is 48.5 Å². The molecule has 2 rings (SSSR count). The van der Waals surface area contributed by atoms with Crippen LogP contribution in [-0.4, -0.2) is 25.7 Å². The highest BCUT2D eigenvalue weighted by Crippen LogP contribution is 2.12. The van der Waals surface area contributed by atoms with E-state index in [1.807, 2.05) is 48.5 Å². The van der Waals surface area contributed by atoms with Crippen LogP contribution in [0.3, 0.4) is 0 Å². The monoisotopic (exact) mass is 346 g/mol. The fourth-order valence-electron chi connectivity index (χ4n) is 2.23. The molecule has 0 aliphatic rings. The Morgan fingerprint density at radius 1 is 1.04 bits per heavy atom. The number of benzene rings is 2. The summed E-state index contributed by atoms with van der Waals surface area (Å²) in [7, 11) is 0. The molecule has 128 valence electrons. The summed E-state index contributed by atoms with van der Waals surface area (Å²) in [6.45, 7) is 3.57. The van der Waals surface area contributed by atoms with Crippen molar-refractivity contribution >= 4 is 17.6 Å². The van der Waals surface area contributed by atoms with E-state index in [9.17, 15) is 4.79 Å². The van der Waals surface area contributed by atoms with Gasteiger partial charge in [-0.2, -0.15) is 0 Å². The van der Waals surface area contributed by atoms with Gasteiger partial charge in [-0.05, 0) is 48.2 Å². The maximum absolute atomic E-state index is 11.7. The summed E-state index contributed by atoms with van der Waals surface area (Å²) in [6, 6.07) is 15.4. The van der Waals surface area contributed by atoms with Gasteiger partial charge in [0.15, 0.2) is 0 Å². The molecule has 2 aromatic rings. The second-order valence-electron chi connectivity index (χ2n) is 5.41. The van der Waals surface area contributed by atoms with E-state index in [-0.39, 0.29) is 6.03 Å². The van der Waals surface area contributed by atoms with E-state index in [1.165, 1.54) is 5.56 Å². The first-order chi connectivity index (χ1) is 11.7. The van der Waals surface area contributed by atoms with Gasteiger partial charge < -0.3 is 15.4 Å². The number of urea groups is 1. The number of ether oxygens (including phenoxy) is 1. The molecule has 0 fully saturated rings. The minimum absolute atomic E-state index is 0.193. The third-order valence-corrected chi connectivity index (χ3v) is 3.81. The molecule has 0 unspecified atom stereocenters. The summed E-state index contributed by atoms with van der Waals surface area (Å²) >= 11 is 5.92. The maximum Gasteiger partial charge on any atom is 0.314 e. The van der Waals surface area contributed by atoms with Crippen LogP contribution in [0.25, 0.3) is 0 Å². The van der Waals surface area contributed by atoms with Crippen molar-refractivity contribution in [3.8, 4) is 5.75 Å². The third-order valence-electron chi connectivity index (χ3n) is 3.58. The van der Waals surface area contributed by atoms with E-state index in [4.69, 9.17) is 16.3 Å². The Hall–Kier alpha value is -2.20. The predicted molar refractivity (Wildman–Crippen MR) is 97.9 cm³/mol. The van der Waals surface area contributed by atoms with Crippen molar-refractivity contribution in [2.75, 3.05) is 19.7 Å². The van der Waals surface area contributed by atoms with Crippen molar-refractivity contribution in [2.45, 2.75) is 19.8 Å². The van der Waals surface area contributed by atoms with Crippen molar-refractivity contribution in [1.82, 2.24) is 10.6 Å². The Labute approximate surface area is 148 Å². The molecule has 0 bridgehead atoms. The molecule has 0 atom stereocenters. The minimum atomic E-state index is -0.193. The molecule has 0 radical (unpaired) electrons. The molecule has 2 amide bonds. The maximum atomic E-state index is 11.7. The van der Waals surface area contributed by atoms with Crippen molar-refractivity contribution in [3.05, 3.63) is 64.7 Å². The molecule has 2 N–H and O–H groups in total. The number of hydrogen-bond donors (Lipinski definition) is 2. The average Bonchev–Trinajstić information content (AvgIpc) is 2.59. The third kappa shape index (κ3) is 6.50. The highest BCUT2D eigenvalue weighted by molar-refractivity contribution is 6.30. The van der Waals surface area contributed by atoms with Gasteiger partial charge in [0.25, 0.3) is 0 Å². The van der Waals surface area contributed by atoms with Crippen molar-refractivity contribution in [2.24, 2.45) is 0 Å². The summed E-state index contributed by atoms with van der Waals surface area (Å²) in [5.41, 5.74) is 2.38. The number of carbonyl (C=O) groups excluding carboxylic acids is 1. The van der Waals surface area contributed by atoms with E-state index in [0.717, 1.165) is 24.2 Å². The van der Waals surface area contributed by atoms with Crippen molar-refractivity contribution in [3.63, 3.8) is 0 Å². The second-order valence-corrected chi connectivity index (χ2v) is 5.84.